The van der Waals surface area contributed by atoms with Gasteiger partial charge in [-0.15, -0.1) is 0 Å². The summed E-state index contributed by atoms with van der Waals surface area (Å²) >= 11 is 0. The molecule has 112 valence electrons. The van der Waals surface area contributed by atoms with Crippen molar-refractivity contribution in [2.75, 3.05) is 5.32 Å². The Bertz CT molecular complexity index is 849. The van der Waals surface area contributed by atoms with Crippen molar-refractivity contribution in [3.05, 3.63) is 65.1 Å². The Morgan fingerprint density at radius 3 is 2.73 bits per heavy atom. The summed E-state index contributed by atoms with van der Waals surface area (Å²) in [5.74, 6) is -0.126. The molecule has 4 heteroatoms. The van der Waals surface area contributed by atoms with Crippen LogP contribution in [-0.2, 0) is 6.42 Å². The second-order valence-electron chi connectivity index (χ2n) is 5.44. The lowest BCUT2D eigenvalue weighted by molar-refractivity contribution is 0.102. The number of aryl methyl sites for hydroxylation is 3. The minimum Gasteiger partial charge on any atom is -0.321 e. The Morgan fingerprint density at radius 2 is 2.00 bits per heavy atom. The average molecular weight is 293 g/mol. The number of carbonyl (C=O) groups excluding carboxylic acids is 1. The minimum absolute atomic E-state index is 0.126. The number of fused-ring (bicyclic) bond motifs is 1. The van der Waals surface area contributed by atoms with Crippen LogP contribution in [0.1, 0.15) is 34.2 Å². The van der Waals surface area contributed by atoms with Crippen LogP contribution in [0.3, 0.4) is 0 Å². The summed E-state index contributed by atoms with van der Waals surface area (Å²) in [5, 5.41) is 2.98. The Hall–Kier alpha value is -2.62. The summed E-state index contributed by atoms with van der Waals surface area (Å²) in [6, 6.07) is 11.7. The first-order valence-corrected chi connectivity index (χ1v) is 7.44. The molecule has 1 amide bonds. The van der Waals surface area contributed by atoms with Crippen molar-refractivity contribution < 1.29 is 4.79 Å². The lowest BCUT2D eigenvalue weighted by Crippen LogP contribution is -2.16. The fourth-order valence-electron chi connectivity index (χ4n) is 2.54. The Kier molecular flexibility index (Phi) is 3.67. The van der Waals surface area contributed by atoms with Crippen LogP contribution in [0.5, 0.6) is 0 Å². The van der Waals surface area contributed by atoms with E-state index in [0.29, 0.717) is 5.69 Å². The summed E-state index contributed by atoms with van der Waals surface area (Å²) in [5.41, 5.74) is 5.39. The zero-order valence-electron chi connectivity index (χ0n) is 13.1. The highest BCUT2D eigenvalue weighted by Gasteiger charge is 2.18. The van der Waals surface area contributed by atoms with Crippen LogP contribution in [0.25, 0.3) is 5.65 Å². The summed E-state index contributed by atoms with van der Waals surface area (Å²) in [4.78, 5) is 17.2. The number of carbonyl (C=O) groups is 1. The van der Waals surface area contributed by atoms with E-state index in [9.17, 15) is 4.79 Å². The number of benzene rings is 1. The normalized spacial score (nSPS) is 10.9. The Morgan fingerprint density at radius 1 is 1.18 bits per heavy atom. The molecule has 0 aliphatic rings. The summed E-state index contributed by atoms with van der Waals surface area (Å²) < 4.78 is 1.84. The molecule has 0 atom stereocenters. The van der Waals surface area contributed by atoms with E-state index in [0.717, 1.165) is 29.0 Å². The van der Waals surface area contributed by atoms with E-state index in [-0.39, 0.29) is 5.91 Å². The molecule has 0 unspecified atom stereocenters. The van der Waals surface area contributed by atoms with E-state index in [1.54, 1.807) is 0 Å². The number of rotatable bonds is 3. The number of pyridine rings is 1. The monoisotopic (exact) mass is 293 g/mol. The molecule has 0 saturated carbocycles. The predicted molar refractivity (Wildman–Crippen MR) is 88.4 cm³/mol. The highest BCUT2D eigenvalue weighted by molar-refractivity contribution is 6.04. The third-order valence-corrected chi connectivity index (χ3v) is 3.92. The zero-order chi connectivity index (χ0) is 15.7. The topological polar surface area (TPSA) is 46.4 Å². The van der Waals surface area contributed by atoms with Gasteiger partial charge in [-0.3, -0.25) is 9.20 Å². The van der Waals surface area contributed by atoms with Crippen LogP contribution in [0.2, 0.25) is 0 Å². The molecule has 0 saturated heterocycles. The summed E-state index contributed by atoms with van der Waals surface area (Å²) in [7, 11) is 0. The molecule has 0 aliphatic heterocycles. The van der Waals surface area contributed by atoms with E-state index in [1.165, 1.54) is 5.56 Å². The van der Waals surface area contributed by atoms with Gasteiger partial charge in [0, 0.05) is 11.9 Å². The van der Waals surface area contributed by atoms with E-state index < -0.39 is 0 Å². The van der Waals surface area contributed by atoms with Gasteiger partial charge in [-0.2, -0.15) is 0 Å². The van der Waals surface area contributed by atoms with Crippen molar-refractivity contribution >= 4 is 17.2 Å². The second kappa shape index (κ2) is 5.64. The predicted octanol–water partition coefficient (Wildman–Crippen LogP) is 3.77. The van der Waals surface area contributed by atoms with Gasteiger partial charge >= 0.3 is 0 Å². The maximum atomic E-state index is 12.7. The van der Waals surface area contributed by atoms with Gasteiger partial charge in [-0.05, 0) is 55.7 Å². The smallest absolute Gasteiger partial charge is 0.274 e. The quantitative estimate of drug-likeness (QED) is 0.799. The lowest BCUT2D eigenvalue weighted by Gasteiger charge is -2.08. The molecule has 0 bridgehead atoms. The summed E-state index contributed by atoms with van der Waals surface area (Å²) in [6.07, 6.45) is 2.59. The SMILES string of the molecule is CCc1nc2ccccn2c1C(=O)Nc1ccc(C)c(C)c1. The number of amides is 1. The first-order valence-electron chi connectivity index (χ1n) is 7.44. The van der Waals surface area contributed by atoms with Crippen molar-refractivity contribution in [3.8, 4) is 0 Å². The number of anilines is 1. The molecule has 3 aromatic rings. The average Bonchev–Trinajstić information content (AvgIpc) is 2.89. The first kappa shape index (κ1) is 14.3. The van der Waals surface area contributed by atoms with Crippen LogP contribution in [0, 0.1) is 13.8 Å². The Balaban J connectivity index is 1.99. The standard InChI is InChI=1S/C18H19N3O/c1-4-15-17(21-10-6-5-7-16(21)20-15)18(22)19-14-9-8-12(2)13(3)11-14/h5-11H,4H2,1-3H3,(H,19,22). The van der Waals surface area contributed by atoms with E-state index in [2.05, 4.69) is 17.2 Å². The van der Waals surface area contributed by atoms with Crippen LogP contribution >= 0.6 is 0 Å². The van der Waals surface area contributed by atoms with E-state index >= 15 is 0 Å². The molecular weight excluding hydrogens is 274 g/mol. The highest BCUT2D eigenvalue weighted by Crippen LogP contribution is 2.18. The number of nitrogens with zero attached hydrogens (tertiary/aromatic N) is 2. The molecule has 22 heavy (non-hydrogen) atoms. The van der Waals surface area contributed by atoms with Crippen molar-refractivity contribution in [2.24, 2.45) is 0 Å². The summed E-state index contributed by atoms with van der Waals surface area (Å²) in [6.45, 7) is 6.10. The number of hydrogen-bond donors (Lipinski definition) is 1. The van der Waals surface area contributed by atoms with Gasteiger partial charge in [0.15, 0.2) is 0 Å². The first-order chi connectivity index (χ1) is 10.6. The van der Waals surface area contributed by atoms with Crippen LogP contribution in [0.15, 0.2) is 42.6 Å². The molecule has 0 radical (unpaired) electrons. The third kappa shape index (κ3) is 2.48. The number of hydrogen-bond acceptors (Lipinski definition) is 2. The maximum Gasteiger partial charge on any atom is 0.274 e. The molecule has 0 fully saturated rings. The highest BCUT2D eigenvalue weighted by atomic mass is 16.2. The van der Waals surface area contributed by atoms with Gasteiger partial charge in [0.1, 0.15) is 11.3 Å². The molecule has 4 nitrogen and oxygen atoms in total. The van der Waals surface area contributed by atoms with Crippen LogP contribution in [0.4, 0.5) is 5.69 Å². The number of nitrogens with one attached hydrogen (secondary N) is 1. The van der Waals surface area contributed by atoms with E-state index in [4.69, 9.17) is 0 Å². The fourth-order valence-corrected chi connectivity index (χ4v) is 2.54. The van der Waals surface area contributed by atoms with Crippen molar-refractivity contribution in [1.29, 1.82) is 0 Å². The van der Waals surface area contributed by atoms with Gasteiger partial charge in [0.25, 0.3) is 5.91 Å². The van der Waals surface area contributed by atoms with Gasteiger partial charge in [0.05, 0.1) is 5.69 Å². The second-order valence-corrected chi connectivity index (χ2v) is 5.44. The van der Waals surface area contributed by atoms with Gasteiger partial charge in [0.2, 0.25) is 0 Å². The fraction of sp³-hybridized carbons (Fsp3) is 0.222. The van der Waals surface area contributed by atoms with Crippen LogP contribution < -0.4 is 5.32 Å². The van der Waals surface area contributed by atoms with Crippen LogP contribution in [-0.4, -0.2) is 15.3 Å². The largest absolute Gasteiger partial charge is 0.321 e. The minimum atomic E-state index is -0.126. The van der Waals surface area contributed by atoms with E-state index in [1.807, 2.05) is 60.8 Å². The number of aromatic nitrogens is 2. The van der Waals surface area contributed by atoms with Crippen molar-refractivity contribution in [3.63, 3.8) is 0 Å². The molecule has 3 rings (SSSR count). The van der Waals surface area contributed by atoms with Gasteiger partial charge < -0.3 is 5.32 Å². The number of imidazole rings is 1. The molecule has 0 spiro atoms. The molecular formula is C18H19N3O. The molecule has 2 heterocycles. The van der Waals surface area contributed by atoms with Gasteiger partial charge in [-0.1, -0.05) is 19.1 Å². The maximum absolute atomic E-state index is 12.7. The Labute approximate surface area is 129 Å². The van der Waals surface area contributed by atoms with Crippen molar-refractivity contribution in [2.45, 2.75) is 27.2 Å². The zero-order valence-corrected chi connectivity index (χ0v) is 13.1. The third-order valence-electron chi connectivity index (χ3n) is 3.92. The molecule has 1 aromatic carbocycles. The van der Waals surface area contributed by atoms with Crippen molar-refractivity contribution in [1.82, 2.24) is 9.38 Å². The molecule has 1 N–H and O–H groups in total. The molecule has 0 aliphatic carbocycles. The van der Waals surface area contributed by atoms with Gasteiger partial charge in [-0.25, -0.2) is 4.98 Å². The lowest BCUT2D eigenvalue weighted by atomic mass is 10.1. The molecule has 2 aromatic heterocycles.